The number of hydrogen-bond acceptors (Lipinski definition) is 7. The standard InChI is InChI=1S/C24H28FN3O6S2/c1-32-12-11-28-19-13-20(33-2)21(34-3)14-22(19)35-24(28)26-23(29)16-5-4-10-27(15-16)36(30,31)18-8-6-17(25)7-9-18/h6-9,13-14,16H,4-5,10-12,15H2,1-3H3. The molecule has 2 heterocycles. The second-order valence-electron chi connectivity index (χ2n) is 8.31. The average Bonchev–Trinajstić information content (AvgIpc) is 3.22. The summed E-state index contributed by atoms with van der Waals surface area (Å²) < 4.78 is 59.5. The van der Waals surface area contributed by atoms with Gasteiger partial charge in [-0.1, -0.05) is 11.3 Å². The van der Waals surface area contributed by atoms with Gasteiger partial charge in [0.05, 0.1) is 41.9 Å². The van der Waals surface area contributed by atoms with Gasteiger partial charge in [-0.2, -0.15) is 9.30 Å². The zero-order chi connectivity index (χ0) is 25.9. The molecule has 1 fully saturated rings. The van der Waals surface area contributed by atoms with Gasteiger partial charge in [0.2, 0.25) is 10.0 Å². The third-order valence-electron chi connectivity index (χ3n) is 6.10. The van der Waals surface area contributed by atoms with Gasteiger partial charge < -0.3 is 18.8 Å². The minimum absolute atomic E-state index is 0.00116. The summed E-state index contributed by atoms with van der Waals surface area (Å²) in [6.45, 7) is 1.19. The molecule has 4 rings (SSSR count). The van der Waals surface area contributed by atoms with Crippen LogP contribution in [0.5, 0.6) is 11.5 Å². The maximum absolute atomic E-state index is 13.3. The van der Waals surface area contributed by atoms with Crippen molar-refractivity contribution in [1.29, 1.82) is 0 Å². The largest absolute Gasteiger partial charge is 0.493 e. The lowest BCUT2D eigenvalue weighted by atomic mass is 9.99. The van der Waals surface area contributed by atoms with Crippen LogP contribution >= 0.6 is 11.3 Å². The number of carbonyl (C=O) groups excluding carboxylic acids is 1. The zero-order valence-electron chi connectivity index (χ0n) is 20.3. The van der Waals surface area contributed by atoms with Crippen LogP contribution in [-0.4, -0.2) is 64.2 Å². The summed E-state index contributed by atoms with van der Waals surface area (Å²) >= 11 is 1.34. The van der Waals surface area contributed by atoms with Crippen LogP contribution in [0.4, 0.5) is 4.39 Å². The topological polar surface area (TPSA) is 99.4 Å². The molecule has 0 radical (unpaired) electrons. The van der Waals surface area contributed by atoms with Crippen LogP contribution in [0.25, 0.3) is 10.2 Å². The van der Waals surface area contributed by atoms with E-state index in [2.05, 4.69) is 4.99 Å². The second kappa shape index (κ2) is 11.1. The van der Waals surface area contributed by atoms with Gasteiger partial charge in [0.15, 0.2) is 16.3 Å². The van der Waals surface area contributed by atoms with E-state index in [1.54, 1.807) is 21.3 Å². The predicted octanol–water partition coefficient (Wildman–Crippen LogP) is 3.03. The number of nitrogens with zero attached hydrogens (tertiary/aromatic N) is 3. The SMILES string of the molecule is COCCn1c(=NC(=O)C2CCCN(S(=O)(=O)c3ccc(F)cc3)C2)sc2cc(OC)c(OC)cc21. The lowest BCUT2D eigenvalue weighted by Crippen LogP contribution is -2.42. The molecule has 0 spiro atoms. The van der Waals surface area contributed by atoms with Crippen LogP contribution in [0.3, 0.4) is 0 Å². The van der Waals surface area contributed by atoms with Crippen LogP contribution in [-0.2, 0) is 26.1 Å². The van der Waals surface area contributed by atoms with Crippen molar-refractivity contribution < 1.29 is 31.8 Å². The number of fused-ring (bicyclic) bond motifs is 1. The van der Waals surface area contributed by atoms with Gasteiger partial charge in [-0.3, -0.25) is 4.79 Å². The number of hydrogen-bond donors (Lipinski definition) is 0. The van der Waals surface area contributed by atoms with Gasteiger partial charge in [-0.05, 0) is 37.1 Å². The highest BCUT2D eigenvalue weighted by Crippen LogP contribution is 2.33. The second-order valence-corrected chi connectivity index (χ2v) is 11.3. The lowest BCUT2D eigenvalue weighted by Gasteiger charge is -2.30. The van der Waals surface area contributed by atoms with E-state index < -0.39 is 21.8 Å². The molecule has 0 aliphatic carbocycles. The number of halogens is 1. The van der Waals surface area contributed by atoms with Crippen molar-refractivity contribution in [1.82, 2.24) is 8.87 Å². The smallest absolute Gasteiger partial charge is 0.252 e. The van der Waals surface area contributed by atoms with E-state index in [-0.39, 0.29) is 17.3 Å². The minimum atomic E-state index is -3.85. The summed E-state index contributed by atoms with van der Waals surface area (Å²) in [5.74, 6) is -0.359. The van der Waals surface area contributed by atoms with E-state index in [1.165, 1.54) is 27.8 Å². The summed E-state index contributed by atoms with van der Waals surface area (Å²) in [6, 6.07) is 8.36. The normalized spacial score (nSPS) is 17.4. The highest BCUT2D eigenvalue weighted by molar-refractivity contribution is 7.89. The van der Waals surface area contributed by atoms with E-state index >= 15 is 0 Å². The number of thiazole rings is 1. The van der Waals surface area contributed by atoms with E-state index in [1.807, 2.05) is 16.7 Å². The van der Waals surface area contributed by atoms with E-state index in [0.29, 0.717) is 48.8 Å². The fourth-order valence-corrected chi connectivity index (χ4v) is 6.78. The Morgan fingerprint density at radius 2 is 1.83 bits per heavy atom. The Labute approximate surface area is 212 Å². The summed E-state index contributed by atoms with van der Waals surface area (Å²) in [7, 11) is 0.858. The minimum Gasteiger partial charge on any atom is -0.493 e. The fourth-order valence-electron chi connectivity index (χ4n) is 4.18. The first kappa shape index (κ1) is 26.3. The van der Waals surface area contributed by atoms with Crippen molar-refractivity contribution in [3.05, 3.63) is 47.0 Å². The lowest BCUT2D eigenvalue weighted by molar-refractivity contribution is -0.122. The van der Waals surface area contributed by atoms with Gasteiger partial charge in [0.1, 0.15) is 5.82 Å². The Balaban J connectivity index is 1.66. The Hall–Kier alpha value is -2.80. The number of rotatable bonds is 8. The first-order valence-corrected chi connectivity index (χ1v) is 13.6. The number of carbonyl (C=O) groups is 1. The van der Waals surface area contributed by atoms with Crippen LogP contribution in [0, 0.1) is 11.7 Å². The molecule has 9 nitrogen and oxygen atoms in total. The molecule has 1 unspecified atom stereocenters. The van der Waals surface area contributed by atoms with Crippen molar-refractivity contribution in [2.45, 2.75) is 24.3 Å². The fraction of sp³-hybridized carbons (Fsp3) is 0.417. The van der Waals surface area contributed by atoms with Gasteiger partial charge in [0.25, 0.3) is 5.91 Å². The molecule has 194 valence electrons. The van der Waals surface area contributed by atoms with Crippen molar-refractivity contribution in [3.8, 4) is 11.5 Å². The number of benzene rings is 2. The molecular weight excluding hydrogens is 509 g/mol. The van der Waals surface area contributed by atoms with Gasteiger partial charge in [-0.15, -0.1) is 0 Å². The predicted molar refractivity (Wildman–Crippen MR) is 133 cm³/mol. The summed E-state index contributed by atoms with van der Waals surface area (Å²) in [6.07, 6.45) is 1.05. The van der Waals surface area contributed by atoms with E-state index in [0.717, 1.165) is 22.3 Å². The molecule has 2 aromatic carbocycles. The molecule has 1 atom stereocenters. The number of sulfonamides is 1. The molecule has 1 saturated heterocycles. The Morgan fingerprint density at radius 3 is 2.50 bits per heavy atom. The van der Waals surface area contributed by atoms with Crippen molar-refractivity contribution >= 4 is 37.5 Å². The molecular formula is C24H28FN3O6S2. The Morgan fingerprint density at radius 1 is 1.14 bits per heavy atom. The molecule has 1 aliphatic heterocycles. The Bertz CT molecular complexity index is 1420. The van der Waals surface area contributed by atoms with Crippen LogP contribution in [0.15, 0.2) is 46.3 Å². The third kappa shape index (κ3) is 5.31. The first-order valence-electron chi connectivity index (χ1n) is 11.4. The molecule has 0 bridgehead atoms. The number of piperidine rings is 1. The van der Waals surface area contributed by atoms with Gasteiger partial charge in [-0.25, -0.2) is 12.8 Å². The molecule has 0 N–H and O–H groups in total. The van der Waals surface area contributed by atoms with Crippen LogP contribution in [0.2, 0.25) is 0 Å². The van der Waals surface area contributed by atoms with Crippen LogP contribution in [0.1, 0.15) is 12.8 Å². The highest BCUT2D eigenvalue weighted by atomic mass is 32.2. The average molecular weight is 538 g/mol. The molecule has 3 aromatic rings. The number of methoxy groups -OCH3 is 3. The van der Waals surface area contributed by atoms with Crippen molar-refractivity contribution in [2.75, 3.05) is 41.0 Å². The van der Waals surface area contributed by atoms with Gasteiger partial charge in [0, 0.05) is 38.9 Å². The van der Waals surface area contributed by atoms with E-state index in [9.17, 15) is 17.6 Å². The highest BCUT2D eigenvalue weighted by Gasteiger charge is 2.33. The zero-order valence-corrected chi connectivity index (χ0v) is 21.9. The maximum Gasteiger partial charge on any atom is 0.252 e. The number of ether oxygens (including phenoxy) is 3. The van der Waals surface area contributed by atoms with Crippen molar-refractivity contribution in [3.63, 3.8) is 0 Å². The van der Waals surface area contributed by atoms with Gasteiger partial charge >= 0.3 is 0 Å². The molecule has 12 heteroatoms. The molecule has 0 saturated carbocycles. The molecule has 36 heavy (non-hydrogen) atoms. The third-order valence-corrected chi connectivity index (χ3v) is 9.02. The quantitative estimate of drug-likeness (QED) is 0.438. The van der Waals surface area contributed by atoms with Crippen LogP contribution < -0.4 is 14.3 Å². The molecule has 1 aromatic heterocycles. The van der Waals surface area contributed by atoms with Crippen molar-refractivity contribution in [2.24, 2.45) is 10.9 Å². The maximum atomic E-state index is 13.3. The summed E-state index contributed by atoms with van der Waals surface area (Å²) in [5.41, 5.74) is 0.824. The summed E-state index contributed by atoms with van der Waals surface area (Å²) in [5, 5.41) is 0. The molecule has 1 aliphatic rings. The number of amides is 1. The molecule has 1 amide bonds. The Kier molecular flexibility index (Phi) is 8.08. The first-order chi connectivity index (χ1) is 17.3. The monoisotopic (exact) mass is 537 g/mol. The van der Waals surface area contributed by atoms with E-state index in [4.69, 9.17) is 14.2 Å². The number of aromatic nitrogens is 1. The summed E-state index contributed by atoms with van der Waals surface area (Å²) in [4.78, 5) is 18.1.